The van der Waals surface area contributed by atoms with Crippen molar-refractivity contribution in [1.29, 1.82) is 0 Å². The molecule has 0 aromatic carbocycles. The van der Waals surface area contributed by atoms with Gasteiger partial charge >= 0.3 is 5.97 Å². The molecule has 2 N–H and O–H groups in total. The van der Waals surface area contributed by atoms with Crippen molar-refractivity contribution >= 4 is 40.7 Å². The van der Waals surface area contributed by atoms with Gasteiger partial charge in [-0.1, -0.05) is 29.1 Å². The van der Waals surface area contributed by atoms with Gasteiger partial charge in [0.1, 0.15) is 11.7 Å². The molecule has 17 heavy (non-hydrogen) atoms. The molecule has 1 rings (SSSR count). The van der Waals surface area contributed by atoms with Crippen LogP contribution >= 0.6 is 23.2 Å². The number of rotatable bonds is 2. The number of nitrogens with zero attached hydrogens (tertiary/aromatic N) is 2. The average Bonchev–Trinajstić information content (AvgIpc) is 2.26. The van der Waals surface area contributed by atoms with Gasteiger partial charge in [0.15, 0.2) is 5.15 Å². The number of aliphatic carboxylic acids is 1. The lowest BCUT2D eigenvalue weighted by molar-refractivity contribution is -0.129. The summed E-state index contributed by atoms with van der Waals surface area (Å²) >= 11 is 11.4. The van der Waals surface area contributed by atoms with Crippen LogP contribution in [0.15, 0.2) is 17.1 Å². The highest BCUT2D eigenvalue weighted by Gasteiger charge is 2.11. The monoisotopic (exact) mass is 271 g/mol. The van der Waals surface area contributed by atoms with Crippen LogP contribution in [0.5, 0.6) is 0 Å². The first-order valence-corrected chi connectivity index (χ1v) is 5.10. The van der Waals surface area contributed by atoms with E-state index in [2.05, 4.69) is 21.2 Å². The summed E-state index contributed by atoms with van der Waals surface area (Å²) in [7, 11) is 0. The Labute approximate surface area is 107 Å². The Bertz CT molecular complexity index is 509. The summed E-state index contributed by atoms with van der Waals surface area (Å²) in [6.45, 7) is -0.0483. The minimum absolute atomic E-state index is 0.0483. The third kappa shape index (κ3) is 3.94. The number of pyridine rings is 1. The Morgan fingerprint density at radius 2 is 2.29 bits per heavy atom. The lowest BCUT2D eigenvalue weighted by Gasteiger charge is -2.07. The Morgan fingerprint density at radius 3 is 2.82 bits per heavy atom. The summed E-state index contributed by atoms with van der Waals surface area (Å²) < 4.78 is 0. The van der Waals surface area contributed by atoms with Gasteiger partial charge in [-0.2, -0.15) is 0 Å². The number of carboxylic acid groups (broad SMARTS) is 1. The first-order valence-electron chi connectivity index (χ1n) is 4.35. The molecule has 0 unspecified atom stereocenters. The number of aliphatic imine (C=N–C) groups is 1. The highest BCUT2D eigenvalue weighted by atomic mass is 35.5. The van der Waals surface area contributed by atoms with Gasteiger partial charge < -0.3 is 10.4 Å². The second-order valence-electron chi connectivity index (χ2n) is 2.77. The molecule has 0 aliphatic carbocycles. The molecule has 0 spiro atoms. The van der Waals surface area contributed by atoms with Gasteiger partial charge in [-0.25, -0.2) is 14.8 Å². The van der Waals surface area contributed by atoms with E-state index in [1.165, 1.54) is 12.1 Å². The van der Waals surface area contributed by atoms with Crippen LogP contribution in [0.2, 0.25) is 10.3 Å². The lowest BCUT2D eigenvalue weighted by atomic mass is 10.4. The topological polar surface area (TPSA) is 74.6 Å². The van der Waals surface area contributed by atoms with Gasteiger partial charge in [0.25, 0.3) is 0 Å². The molecule has 1 aromatic rings. The van der Waals surface area contributed by atoms with Crippen molar-refractivity contribution in [2.75, 3.05) is 11.9 Å². The standard InChI is InChI=1S/C10H7Cl2N3O2/c1-2-5-13-9(10(16)17)14-6-3-4-7(11)15-8(6)12/h1,3-4H,5H2,(H,13,14)(H,16,17). The molecule has 0 fully saturated rings. The maximum atomic E-state index is 10.8. The number of anilines is 1. The molecule has 0 saturated carbocycles. The van der Waals surface area contributed by atoms with Crippen LogP contribution < -0.4 is 5.32 Å². The minimum atomic E-state index is -1.24. The minimum Gasteiger partial charge on any atom is -0.475 e. The molecule has 0 aliphatic rings. The second-order valence-corrected chi connectivity index (χ2v) is 3.52. The number of nitrogens with one attached hydrogen (secondary N) is 1. The van der Waals surface area contributed by atoms with Crippen molar-refractivity contribution < 1.29 is 9.90 Å². The van der Waals surface area contributed by atoms with Crippen LogP contribution in [0.4, 0.5) is 5.69 Å². The third-order valence-corrected chi connectivity index (χ3v) is 2.10. The fraction of sp³-hybridized carbons (Fsp3) is 0.100. The predicted molar refractivity (Wildman–Crippen MR) is 66.7 cm³/mol. The molecule has 0 saturated heterocycles. The molecule has 7 heteroatoms. The van der Waals surface area contributed by atoms with Gasteiger partial charge in [-0.3, -0.25) is 0 Å². The number of terminal acetylenes is 1. The maximum absolute atomic E-state index is 10.8. The Hall–Kier alpha value is -1.77. The van der Waals surface area contributed by atoms with Crippen LogP contribution in [-0.2, 0) is 4.79 Å². The molecule has 1 heterocycles. The zero-order chi connectivity index (χ0) is 12.8. The van der Waals surface area contributed by atoms with Crippen molar-refractivity contribution in [1.82, 2.24) is 4.98 Å². The zero-order valence-corrected chi connectivity index (χ0v) is 9.96. The molecular formula is C10H7Cl2N3O2. The molecule has 1 aromatic heterocycles. The van der Waals surface area contributed by atoms with E-state index in [-0.39, 0.29) is 28.4 Å². The smallest absolute Gasteiger partial charge is 0.371 e. The summed E-state index contributed by atoms with van der Waals surface area (Å²) in [5.41, 5.74) is 0.286. The van der Waals surface area contributed by atoms with Gasteiger partial charge in [0.05, 0.1) is 5.69 Å². The van der Waals surface area contributed by atoms with E-state index in [4.69, 9.17) is 34.7 Å². The number of halogens is 2. The van der Waals surface area contributed by atoms with Crippen LogP contribution in [-0.4, -0.2) is 28.4 Å². The first kappa shape index (κ1) is 13.3. The molecular weight excluding hydrogens is 265 g/mol. The van der Waals surface area contributed by atoms with Crippen LogP contribution in [0.3, 0.4) is 0 Å². The van der Waals surface area contributed by atoms with E-state index in [1.54, 1.807) is 0 Å². The highest BCUT2D eigenvalue weighted by molar-refractivity contribution is 6.41. The van der Waals surface area contributed by atoms with Gasteiger partial charge in [0.2, 0.25) is 5.84 Å². The lowest BCUT2D eigenvalue weighted by Crippen LogP contribution is -2.23. The summed E-state index contributed by atoms with van der Waals surface area (Å²) in [4.78, 5) is 18.2. The quantitative estimate of drug-likeness (QED) is 0.373. The molecule has 88 valence electrons. The van der Waals surface area contributed by atoms with Crippen molar-refractivity contribution in [2.45, 2.75) is 0 Å². The molecule has 0 bridgehead atoms. The van der Waals surface area contributed by atoms with Gasteiger partial charge in [0, 0.05) is 0 Å². The molecule has 0 aliphatic heterocycles. The SMILES string of the molecule is C#CCN=C(Nc1ccc(Cl)nc1Cl)C(=O)O. The van der Waals surface area contributed by atoms with E-state index in [1.807, 2.05) is 0 Å². The van der Waals surface area contributed by atoms with Crippen LogP contribution in [0.25, 0.3) is 0 Å². The molecule has 5 nitrogen and oxygen atoms in total. The molecule has 0 amide bonds. The van der Waals surface area contributed by atoms with Gasteiger partial charge in [-0.15, -0.1) is 6.42 Å². The van der Waals surface area contributed by atoms with E-state index < -0.39 is 5.97 Å². The van der Waals surface area contributed by atoms with E-state index in [0.717, 1.165) is 0 Å². The van der Waals surface area contributed by atoms with Crippen LogP contribution in [0, 0.1) is 12.3 Å². The predicted octanol–water partition coefficient (Wildman–Crippen LogP) is 1.92. The average molecular weight is 272 g/mol. The number of carbonyl (C=O) groups is 1. The summed E-state index contributed by atoms with van der Waals surface area (Å²) in [6.07, 6.45) is 4.99. The van der Waals surface area contributed by atoms with Crippen LogP contribution in [0.1, 0.15) is 0 Å². The number of amidine groups is 1. The third-order valence-electron chi connectivity index (χ3n) is 1.60. The fourth-order valence-electron chi connectivity index (χ4n) is 0.918. The fourth-order valence-corrected chi connectivity index (χ4v) is 1.31. The van der Waals surface area contributed by atoms with Crippen molar-refractivity contribution in [2.24, 2.45) is 4.99 Å². The van der Waals surface area contributed by atoms with E-state index in [9.17, 15) is 4.79 Å². The first-order chi connectivity index (χ1) is 8.04. The Morgan fingerprint density at radius 1 is 1.59 bits per heavy atom. The second kappa shape index (κ2) is 6.09. The van der Waals surface area contributed by atoms with Crippen molar-refractivity contribution in [3.05, 3.63) is 22.4 Å². The molecule has 0 radical (unpaired) electrons. The number of aromatic nitrogens is 1. The largest absolute Gasteiger partial charge is 0.475 e. The number of hydrogen-bond acceptors (Lipinski definition) is 3. The van der Waals surface area contributed by atoms with Crippen molar-refractivity contribution in [3.63, 3.8) is 0 Å². The maximum Gasteiger partial charge on any atom is 0.371 e. The molecule has 0 atom stereocenters. The Balaban J connectivity index is 2.95. The van der Waals surface area contributed by atoms with Gasteiger partial charge in [-0.05, 0) is 12.1 Å². The van der Waals surface area contributed by atoms with E-state index >= 15 is 0 Å². The summed E-state index contributed by atoms with van der Waals surface area (Å²) in [5.74, 6) is 0.647. The summed E-state index contributed by atoms with van der Waals surface area (Å²) in [6, 6.07) is 2.96. The van der Waals surface area contributed by atoms with E-state index in [0.29, 0.717) is 0 Å². The van der Waals surface area contributed by atoms with Crippen molar-refractivity contribution in [3.8, 4) is 12.3 Å². The Kier molecular flexibility index (Phi) is 4.76. The highest BCUT2D eigenvalue weighted by Crippen LogP contribution is 2.21. The number of hydrogen-bond donors (Lipinski definition) is 2. The summed E-state index contributed by atoms with van der Waals surface area (Å²) in [5, 5.41) is 11.6. The normalized spacial score (nSPS) is 10.8. The number of carboxylic acids is 1. The zero-order valence-electron chi connectivity index (χ0n) is 8.44.